The molecule has 1 aromatic heterocycles. The van der Waals surface area contributed by atoms with Crippen LogP contribution in [0.3, 0.4) is 0 Å². The fourth-order valence-corrected chi connectivity index (χ4v) is 3.77. The molecule has 2 aromatic carbocycles. The molecule has 4 rings (SSSR count). The summed E-state index contributed by atoms with van der Waals surface area (Å²) < 4.78 is 5.59. The van der Waals surface area contributed by atoms with E-state index in [1.807, 2.05) is 53.4 Å². The van der Waals surface area contributed by atoms with Crippen LogP contribution in [0.5, 0.6) is 0 Å². The van der Waals surface area contributed by atoms with Gasteiger partial charge in [0.2, 0.25) is 5.76 Å². The molecule has 4 heteroatoms. The number of rotatable bonds is 2. The van der Waals surface area contributed by atoms with Crippen LogP contribution in [0, 0.1) is 0 Å². The summed E-state index contributed by atoms with van der Waals surface area (Å²) in [5.74, 6) is -0.0486. The highest BCUT2D eigenvalue weighted by molar-refractivity contribution is 6.07. The first kappa shape index (κ1) is 16.6. The smallest absolute Gasteiger partial charge is 0.344 e. The third-order valence-electron chi connectivity index (χ3n) is 5.16. The summed E-state index contributed by atoms with van der Waals surface area (Å²) in [5, 5.41) is 1.25. The zero-order valence-corrected chi connectivity index (χ0v) is 14.8. The minimum absolute atomic E-state index is 0.147. The second-order valence-electron chi connectivity index (χ2n) is 6.85. The van der Waals surface area contributed by atoms with Crippen molar-refractivity contribution >= 4 is 16.7 Å². The molecule has 0 N–H and O–H groups in total. The largest absolute Gasteiger partial charge is 0.416 e. The molecule has 0 aliphatic carbocycles. The maximum atomic E-state index is 13.3. The van der Waals surface area contributed by atoms with Gasteiger partial charge >= 0.3 is 5.63 Å². The van der Waals surface area contributed by atoms with Gasteiger partial charge in [0, 0.05) is 23.5 Å². The SMILES string of the molecule is CC1CCCCN1C(=O)c1oc(=O)c2ccccc2c1-c1ccccc1. The highest BCUT2D eigenvalue weighted by Gasteiger charge is 2.29. The van der Waals surface area contributed by atoms with Crippen molar-refractivity contribution in [1.82, 2.24) is 4.90 Å². The molecule has 1 saturated heterocycles. The minimum atomic E-state index is -0.465. The summed E-state index contributed by atoms with van der Waals surface area (Å²) in [6.45, 7) is 2.75. The lowest BCUT2D eigenvalue weighted by Gasteiger charge is -2.33. The van der Waals surface area contributed by atoms with Crippen LogP contribution in [0.1, 0.15) is 36.7 Å². The average Bonchev–Trinajstić information content (AvgIpc) is 2.68. The van der Waals surface area contributed by atoms with Gasteiger partial charge in [0.25, 0.3) is 5.91 Å². The van der Waals surface area contributed by atoms with E-state index in [4.69, 9.17) is 4.42 Å². The van der Waals surface area contributed by atoms with Crippen LogP contribution in [0.15, 0.2) is 63.8 Å². The van der Waals surface area contributed by atoms with Crippen molar-refractivity contribution in [2.75, 3.05) is 6.54 Å². The lowest BCUT2D eigenvalue weighted by molar-refractivity contribution is 0.0600. The zero-order chi connectivity index (χ0) is 18.1. The van der Waals surface area contributed by atoms with Gasteiger partial charge in [-0.05, 0) is 37.8 Å². The number of carbonyl (C=O) groups excluding carboxylic acids is 1. The van der Waals surface area contributed by atoms with Crippen LogP contribution in [-0.4, -0.2) is 23.4 Å². The predicted molar refractivity (Wildman–Crippen MR) is 102 cm³/mol. The molecule has 1 amide bonds. The molecular weight excluding hydrogens is 326 g/mol. The van der Waals surface area contributed by atoms with Crippen LogP contribution < -0.4 is 5.63 Å². The van der Waals surface area contributed by atoms with Gasteiger partial charge in [-0.1, -0.05) is 48.5 Å². The van der Waals surface area contributed by atoms with Crippen LogP contribution in [-0.2, 0) is 0 Å². The molecule has 1 unspecified atom stereocenters. The number of fused-ring (bicyclic) bond motifs is 1. The van der Waals surface area contributed by atoms with Gasteiger partial charge in [-0.2, -0.15) is 0 Å². The van der Waals surface area contributed by atoms with Crippen molar-refractivity contribution in [2.24, 2.45) is 0 Å². The summed E-state index contributed by atoms with van der Waals surface area (Å²) in [6.07, 6.45) is 3.08. The van der Waals surface area contributed by atoms with Gasteiger partial charge in [0.1, 0.15) is 0 Å². The Hall–Kier alpha value is -2.88. The lowest BCUT2D eigenvalue weighted by Crippen LogP contribution is -2.42. The van der Waals surface area contributed by atoms with E-state index in [0.29, 0.717) is 17.5 Å². The van der Waals surface area contributed by atoms with Crippen molar-refractivity contribution in [3.05, 3.63) is 70.8 Å². The zero-order valence-electron chi connectivity index (χ0n) is 14.8. The third-order valence-corrected chi connectivity index (χ3v) is 5.16. The summed E-state index contributed by atoms with van der Waals surface area (Å²) in [4.78, 5) is 27.6. The molecule has 0 saturated carbocycles. The molecule has 26 heavy (non-hydrogen) atoms. The Morgan fingerprint density at radius 2 is 1.69 bits per heavy atom. The quantitative estimate of drug-likeness (QED) is 0.687. The Morgan fingerprint density at radius 3 is 2.42 bits per heavy atom. The van der Waals surface area contributed by atoms with Crippen LogP contribution in [0.25, 0.3) is 21.9 Å². The Labute approximate surface area is 152 Å². The average molecular weight is 347 g/mol. The molecule has 2 heterocycles. The maximum absolute atomic E-state index is 13.3. The first-order chi connectivity index (χ1) is 12.7. The predicted octanol–water partition coefficient (Wildman–Crippen LogP) is 4.47. The molecule has 132 valence electrons. The number of hydrogen-bond acceptors (Lipinski definition) is 3. The van der Waals surface area contributed by atoms with E-state index < -0.39 is 5.63 Å². The number of hydrogen-bond donors (Lipinski definition) is 0. The third kappa shape index (κ3) is 2.81. The van der Waals surface area contributed by atoms with E-state index in [-0.39, 0.29) is 17.7 Å². The summed E-state index contributed by atoms with van der Waals surface area (Å²) in [7, 11) is 0. The molecule has 0 radical (unpaired) electrons. The van der Waals surface area contributed by atoms with Gasteiger partial charge in [-0.3, -0.25) is 4.79 Å². The van der Waals surface area contributed by atoms with E-state index in [9.17, 15) is 9.59 Å². The Balaban J connectivity index is 1.97. The maximum Gasteiger partial charge on any atom is 0.344 e. The van der Waals surface area contributed by atoms with Crippen molar-refractivity contribution in [3.8, 4) is 11.1 Å². The Kier molecular flexibility index (Phi) is 4.33. The fourth-order valence-electron chi connectivity index (χ4n) is 3.77. The fraction of sp³-hybridized carbons (Fsp3) is 0.273. The molecule has 1 aliphatic heterocycles. The summed E-state index contributed by atoms with van der Waals surface area (Å²) >= 11 is 0. The van der Waals surface area contributed by atoms with Gasteiger partial charge in [0.05, 0.1) is 5.39 Å². The number of benzene rings is 2. The second-order valence-corrected chi connectivity index (χ2v) is 6.85. The van der Waals surface area contributed by atoms with Crippen molar-refractivity contribution < 1.29 is 9.21 Å². The summed E-state index contributed by atoms with van der Waals surface area (Å²) in [6, 6.07) is 17.1. The lowest BCUT2D eigenvalue weighted by atomic mass is 9.96. The van der Waals surface area contributed by atoms with Crippen molar-refractivity contribution in [1.29, 1.82) is 0 Å². The van der Waals surface area contributed by atoms with Gasteiger partial charge in [-0.25, -0.2) is 4.79 Å². The van der Waals surface area contributed by atoms with Crippen molar-refractivity contribution in [2.45, 2.75) is 32.2 Å². The highest BCUT2D eigenvalue weighted by Crippen LogP contribution is 2.32. The molecule has 3 aromatic rings. The first-order valence-electron chi connectivity index (χ1n) is 9.09. The van der Waals surface area contributed by atoms with E-state index in [0.717, 1.165) is 30.2 Å². The molecule has 1 fully saturated rings. The molecular formula is C22H21NO3. The molecule has 0 bridgehead atoms. The normalized spacial score (nSPS) is 17.4. The first-order valence-corrected chi connectivity index (χ1v) is 9.09. The summed E-state index contributed by atoms with van der Waals surface area (Å²) in [5.41, 5.74) is 1.11. The number of likely N-dealkylation sites (tertiary alicyclic amines) is 1. The molecule has 0 spiro atoms. The number of carbonyl (C=O) groups is 1. The van der Waals surface area contributed by atoms with Gasteiger partial charge < -0.3 is 9.32 Å². The molecule has 1 aliphatic rings. The standard InChI is InChI=1S/C22H21NO3/c1-15-9-7-8-14-23(15)21(24)20-19(16-10-3-2-4-11-16)17-12-5-6-13-18(17)22(25)26-20/h2-6,10-13,15H,7-9,14H2,1H3. The number of piperidine rings is 1. The number of amides is 1. The highest BCUT2D eigenvalue weighted by atomic mass is 16.4. The Bertz CT molecular complexity index is 1010. The monoisotopic (exact) mass is 347 g/mol. The van der Waals surface area contributed by atoms with Crippen LogP contribution in [0.2, 0.25) is 0 Å². The topological polar surface area (TPSA) is 50.5 Å². The second kappa shape index (κ2) is 6.79. The van der Waals surface area contributed by atoms with E-state index in [2.05, 4.69) is 6.92 Å². The van der Waals surface area contributed by atoms with E-state index in [1.165, 1.54) is 0 Å². The van der Waals surface area contributed by atoms with E-state index in [1.54, 1.807) is 6.07 Å². The Morgan fingerprint density at radius 1 is 1.00 bits per heavy atom. The van der Waals surface area contributed by atoms with Gasteiger partial charge in [-0.15, -0.1) is 0 Å². The van der Waals surface area contributed by atoms with Crippen LogP contribution >= 0.6 is 0 Å². The van der Waals surface area contributed by atoms with Gasteiger partial charge in [0.15, 0.2) is 0 Å². The van der Waals surface area contributed by atoms with E-state index >= 15 is 0 Å². The molecule has 4 nitrogen and oxygen atoms in total. The minimum Gasteiger partial charge on any atom is -0.416 e. The number of nitrogens with zero attached hydrogens (tertiary/aromatic N) is 1. The molecule has 1 atom stereocenters. The van der Waals surface area contributed by atoms with Crippen molar-refractivity contribution in [3.63, 3.8) is 0 Å². The van der Waals surface area contributed by atoms with Crippen LogP contribution in [0.4, 0.5) is 0 Å².